The highest BCUT2D eigenvalue weighted by atomic mass is 16.1. The number of hydrazone groups is 1. The average Bonchev–Trinajstić information content (AvgIpc) is 2.93. The highest BCUT2D eigenvalue weighted by Gasteiger charge is 2.25. The Bertz CT molecular complexity index is 713. The van der Waals surface area contributed by atoms with E-state index >= 15 is 0 Å². The average molecular weight is 441 g/mol. The Hall–Kier alpha value is -1.91. The third-order valence-corrected chi connectivity index (χ3v) is 7.55. The van der Waals surface area contributed by atoms with Crippen LogP contribution in [0.1, 0.15) is 126 Å². The van der Waals surface area contributed by atoms with Gasteiger partial charge in [-0.15, -0.1) is 0 Å². The van der Waals surface area contributed by atoms with Crippen molar-refractivity contribution in [2.45, 2.75) is 122 Å². The Morgan fingerprint density at radius 1 is 0.875 bits per heavy atom. The first-order valence-corrected chi connectivity index (χ1v) is 13.2. The number of pyridine rings is 1. The van der Waals surface area contributed by atoms with Gasteiger partial charge in [0.2, 0.25) is 5.91 Å². The van der Waals surface area contributed by atoms with E-state index in [0.29, 0.717) is 5.92 Å². The van der Waals surface area contributed by atoms with Crippen molar-refractivity contribution in [1.29, 1.82) is 0 Å². The molecule has 2 aliphatic rings. The summed E-state index contributed by atoms with van der Waals surface area (Å²) >= 11 is 0. The van der Waals surface area contributed by atoms with Gasteiger partial charge in [-0.2, -0.15) is 5.10 Å². The molecule has 3 rings (SSSR count). The van der Waals surface area contributed by atoms with Gasteiger partial charge in [-0.05, 0) is 49.7 Å². The third-order valence-electron chi connectivity index (χ3n) is 7.55. The van der Waals surface area contributed by atoms with Crippen molar-refractivity contribution in [3.05, 3.63) is 17.3 Å². The second-order valence-electron chi connectivity index (χ2n) is 9.96. The number of hydrogen-bond acceptors (Lipinski definition) is 4. The number of anilines is 2. The molecule has 32 heavy (non-hydrogen) atoms. The summed E-state index contributed by atoms with van der Waals surface area (Å²) in [5, 5.41) is 7.20. The van der Waals surface area contributed by atoms with Crippen LogP contribution in [0.25, 0.3) is 0 Å². The van der Waals surface area contributed by atoms with Crippen molar-refractivity contribution < 1.29 is 4.79 Å². The van der Waals surface area contributed by atoms with E-state index in [2.05, 4.69) is 34.5 Å². The molecule has 1 amide bonds. The molecule has 2 N–H and O–H groups in total. The van der Waals surface area contributed by atoms with Crippen molar-refractivity contribution in [3.8, 4) is 0 Å². The lowest BCUT2D eigenvalue weighted by atomic mass is 9.86. The maximum Gasteiger partial charge on any atom is 0.227 e. The molecule has 5 heteroatoms. The highest BCUT2D eigenvalue weighted by Crippen LogP contribution is 2.39. The summed E-state index contributed by atoms with van der Waals surface area (Å²) in [7, 11) is 0. The number of hydrogen-bond donors (Lipinski definition) is 2. The topological polar surface area (TPSA) is 66.4 Å². The Morgan fingerprint density at radius 3 is 1.91 bits per heavy atom. The lowest BCUT2D eigenvalue weighted by Crippen LogP contribution is -2.25. The van der Waals surface area contributed by atoms with Gasteiger partial charge < -0.3 is 5.32 Å². The van der Waals surface area contributed by atoms with E-state index in [1.165, 1.54) is 102 Å². The summed E-state index contributed by atoms with van der Waals surface area (Å²) in [5.41, 5.74) is 6.24. The van der Waals surface area contributed by atoms with Crippen LogP contribution in [0.15, 0.2) is 11.3 Å². The molecular weight excluding hydrogens is 396 g/mol. The number of rotatable bonds is 5. The number of nitrogens with one attached hydrogen (secondary N) is 2. The first-order chi connectivity index (χ1) is 15.7. The number of aromatic nitrogens is 1. The van der Waals surface area contributed by atoms with Crippen molar-refractivity contribution >= 4 is 24.1 Å². The smallest absolute Gasteiger partial charge is 0.227 e. The number of carbonyl (C=O) groups excluding carboxylic acids is 1. The second-order valence-corrected chi connectivity index (χ2v) is 9.96. The quantitative estimate of drug-likeness (QED) is 0.364. The summed E-state index contributed by atoms with van der Waals surface area (Å²) in [5.74, 6) is 1.53. The third kappa shape index (κ3) is 7.31. The zero-order valence-electron chi connectivity index (χ0n) is 20.3. The Balaban J connectivity index is 1.82. The molecule has 5 nitrogen and oxygen atoms in total. The van der Waals surface area contributed by atoms with Crippen LogP contribution in [-0.4, -0.2) is 17.6 Å². The predicted octanol–water partition coefficient (Wildman–Crippen LogP) is 7.71. The van der Waals surface area contributed by atoms with Gasteiger partial charge in [-0.1, -0.05) is 83.5 Å². The summed E-state index contributed by atoms with van der Waals surface area (Å²) in [6.07, 6.45) is 22.9. The van der Waals surface area contributed by atoms with Gasteiger partial charge in [0, 0.05) is 12.6 Å². The summed E-state index contributed by atoms with van der Waals surface area (Å²) in [4.78, 5) is 18.0. The molecular formula is C27H44N4O. The summed E-state index contributed by atoms with van der Waals surface area (Å²) in [6, 6.07) is 0. The van der Waals surface area contributed by atoms with Crippen molar-refractivity contribution in [3.63, 3.8) is 0 Å². The molecule has 2 aliphatic carbocycles. The van der Waals surface area contributed by atoms with Crippen LogP contribution in [0, 0.1) is 12.8 Å². The largest absolute Gasteiger partial charge is 0.324 e. The highest BCUT2D eigenvalue weighted by molar-refractivity contribution is 5.93. The van der Waals surface area contributed by atoms with Gasteiger partial charge >= 0.3 is 0 Å². The zero-order valence-corrected chi connectivity index (χ0v) is 20.3. The monoisotopic (exact) mass is 440 g/mol. The van der Waals surface area contributed by atoms with Crippen LogP contribution in [0.5, 0.6) is 0 Å². The van der Waals surface area contributed by atoms with Crippen LogP contribution in [0.2, 0.25) is 0 Å². The Morgan fingerprint density at radius 2 is 1.38 bits per heavy atom. The Labute approximate surface area is 195 Å². The molecule has 0 saturated heterocycles. The first kappa shape index (κ1) is 24.7. The van der Waals surface area contributed by atoms with E-state index < -0.39 is 0 Å². The second kappa shape index (κ2) is 13.6. The number of nitrogens with zero attached hydrogens (tertiary/aromatic N) is 2. The molecule has 0 aromatic carbocycles. The van der Waals surface area contributed by atoms with Crippen molar-refractivity contribution in [2.75, 3.05) is 10.7 Å². The van der Waals surface area contributed by atoms with Crippen LogP contribution in [0.4, 0.5) is 11.5 Å². The number of amides is 1. The van der Waals surface area contributed by atoms with E-state index in [9.17, 15) is 4.79 Å². The molecule has 0 radical (unpaired) electrons. The van der Waals surface area contributed by atoms with Crippen molar-refractivity contribution in [2.24, 2.45) is 11.0 Å². The summed E-state index contributed by atoms with van der Waals surface area (Å²) in [6.45, 7) is 5.68. The molecule has 0 spiro atoms. The zero-order chi connectivity index (χ0) is 22.6. The van der Waals surface area contributed by atoms with Gasteiger partial charge in [-0.3, -0.25) is 10.2 Å². The van der Waals surface area contributed by atoms with Crippen LogP contribution >= 0.6 is 0 Å². The fourth-order valence-electron chi connectivity index (χ4n) is 5.67. The van der Waals surface area contributed by atoms with Gasteiger partial charge in [0.1, 0.15) is 5.82 Å². The molecule has 2 saturated carbocycles. The van der Waals surface area contributed by atoms with E-state index in [4.69, 9.17) is 0 Å². The predicted molar refractivity (Wildman–Crippen MR) is 135 cm³/mol. The van der Waals surface area contributed by atoms with Gasteiger partial charge in [0.25, 0.3) is 0 Å². The molecule has 1 heterocycles. The van der Waals surface area contributed by atoms with Gasteiger partial charge in [-0.25, -0.2) is 4.98 Å². The molecule has 0 unspecified atom stereocenters. The number of carbonyl (C=O) groups is 1. The molecule has 178 valence electrons. The molecule has 0 bridgehead atoms. The van der Waals surface area contributed by atoms with Gasteiger partial charge in [0.15, 0.2) is 0 Å². The lowest BCUT2D eigenvalue weighted by molar-refractivity contribution is -0.120. The first-order valence-electron chi connectivity index (χ1n) is 13.2. The normalized spacial score (nSPS) is 20.4. The maximum atomic E-state index is 13.4. The Kier molecular flexibility index (Phi) is 10.5. The van der Waals surface area contributed by atoms with E-state index in [-0.39, 0.29) is 11.8 Å². The lowest BCUT2D eigenvalue weighted by Gasteiger charge is -2.25. The van der Waals surface area contributed by atoms with E-state index in [1.54, 1.807) is 0 Å². The fourth-order valence-corrected chi connectivity index (χ4v) is 5.67. The molecule has 0 aliphatic heterocycles. The van der Waals surface area contributed by atoms with Crippen molar-refractivity contribution in [1.82, 2.24) is 4.98 Å². The summed E-state index contributed by atoms with van der Waals surface area (Å²) < 4.78 is 0. The molecule has 1 aromatic rings. The van der Waals surface area contributed by atoms with Crippen LogP contribution in [0.3, 0.4) is 0 Å². The molecule has 1 aromatic heterocycles. The minimum absolute atomic E-state index is 0.120. The maximum absolute atomic E-state index is 13.4. The molecule has 2 fully saturated rings. The van der Waals surface area contributed by atoms with E-state index in [1.807, 2.05) is 6.20 Å². The van der Waals surface area contributed by atoms with Crippen LogP contribution in [-0.2, 0) is 4.79 Å². The SMILES string of the molecule is C=NNc1ncc(NC(=O)C2CCCCCCCCC2)c(C2CCCCCCCC2)c1C. The minimum atomic E-state index is 0.120. The molecule has 0 atom stereocenters. The van der Waals surface area contributed by atoms with Gasteiger partial charge in [0.05, 0.1) is 11.9 Å². The minimum Gasteiger partial charge on any atom is -0.324 e. The fraction of sp³-hybridized carbons (Fsp3) is 0.741. The van der Waals surface area contributed by atoms with E-state index in [0.717, 1.165) is 29.9 Å². The van der Waals surface area contributed by atoms with Crippen LogP contribution < -0.4 is 10.7 Å². The standard InChI is InChI=1S/C27H44N4O/c1-21-25(22-16-12-8-6-7-9-13-17-22)24(20-29-26(21)31-28-2)30-27(32)23-18-14-10-4-3-5-11-15-19-23/h20,22-23H,2-19H2,1H3,(H,29,31)(H,30,32).